The molecule has 1 aliphatic rings. The molecule has 1 N–H and O–H groups in total. The van der Waals surface area contributed by atoms with Gasteiger partial charge in [-0.3, -0.25) is 9.59 Å². The van der Waals surface area contributed by atoms with E-state index in [1.807, 2.05) is 31.2 Å². The van der Waals surface area contributed by atoms with Crippen LogP contribution in [0, 0.1) is 17.2 Å². The van der Waals surface area contributed by atoms with E-state index in [9.17, 15) is 9.59 Å². The minimum Gasteiger partial charge on any atom is -0.332 e. The molecule has 2 rings (SSSR count). The average molecular weight is 349 g/mol. The summed E-state index contributed by atoms with van der Waals surface area (Å²) in [6.45, 7) is 3.05. The monoisotopic (exact) mass is 349 g/mol. The fraction of sp³-hybridized carbons (Fsp3) is 0.438. The molecule has 0 aromatic heterocycles. The summed E-state index contributed by atoms with van der Waals surface area (Å²) in [4.78, 5) is 26.3. The van der Waals surface area contributed by atoms with Crippen LogP contribution in [0.15, 0.2) is 29.2 Å². The normalized spacial score (nSPS) is 15.3. The van der Waals surface area contributed by atoms with Crippen LogP contribution < -0.4 is 5.32 Å². The third kappa shape index (κ3) is 5.48. The van der Waals surface area contributed by atoms with Gasteiger partial charge in [-0.25, -0.2) is 0 Å². The molecule has 23 heavy (non-hydrogen) atoms. The van der Waals surface area contributed by atoms with Crippen molar-refractivity contribution in [3.63, 3.8) is 0 Å². The molecule has 1 atom stereocenters. The summed E-state index contributed by atoms with van der Waals surface area (Å²) in [7, 11) is 0. The van der Waals surface area contributed by atoms with Crippen molar-refractivity contribution >= 4 is 40.4 Å². The number of rotatable bonds is 7. The van der Waals surface area contributed by atoms with Gasteiger partial charge in [-0.15, -0.1) is 11.8 Å². The Morgan fingerprint density at radius 3 is 3.00 bits per heavy atom. The van der Waals surface area contributed by atoms with Crippen LogP contribution >= 0.6 is 23.5 Å². The van der Waals surface area contributed by atoms with Gasteiger partial charge in [-0.05, 0) is 19.1 Å². The van der Waals surface area contributed by atoms with Gasteiger partial charge >= 0.3 is 0 Å². The van der Waals surface area contributed by atoms with E-state index in [-0.39, 0.29) is 17.1 Å². The summed E-state index contributed by atoms with van der Waals surface area (Å²) < 4.78 is 0. The third-order valence-corrected chi connectivity index (χ3v) is 5.55. The van der Waals surface area contributed by atoms with Gasteiger partial charge in [0.2, 0.25) is 5.91 Å². The van der Waals surface area contributed by atoms with Gasteiger partial charge in [0.05, 0.1) is 17.7 Å². The second-order valence-electron chi connectivity index (χ2n) is 5.24. The summed E-state index contributed by atoms with van der Waals surface area (Å²) in [6, 6.07) is 9.78. The Morgan fingerprint density at radius 2 is 2.30 bits per heavy atom. The molecule has 0 unspecified atom stereocenters. The summed E-state index contributed by atoms with van der Waals surface area (Å²) in [5.74, 6) is 1.35. The van der Waals surface area contributed by atoms with Gasteiger partial charge in [0.1, 0.15) is 0 Å². The smallest absolute Gasteiger partial charge is 0.281 e. The Hall–Kier alpha value is -1.65. The Balaban J connectivity index is 1.87. The molecule has 0 aliphatic carbocycles. The molecule has 0 radical (unpaired) electrons. The number of amides is 2. The van der Waals surface area contributed by atoms with Crippen LogP contribution in [-0.4, -0.2) is 40.6 Å². The molecule has 1 aliphatic heterocycles. The molecule has 1 saturated heterocycles. The maximum absolute atomic E-state index is 12.1. The molecule has 1 aromatic carbocycles. The van der Waals surface area contributed by atoms with Crippen molar-refractivity contribution in [2.45, 2.75) is 18.2 Å². The SMILES string of the molecule is C[C@H](C#N)CSc1ccccc1NC(=O)CCN1CCSC1=O. The molecule has 0 bridgehead atoms. The van der Waals surface area contributed by atoms with Crippen LogP contribution in [0.1, 0.15) is 13.3 Å². The number of hydrogen-bond donors (Lipinski definition) is 1. The topological polar surface area (TPSA) is 73.2 Å². The van der Waals surface area contributed by atoms with E-state index in [1.165, 1.54) is 11.8 Å². The van der Waals surface area contributed by atoms with Crippen molar-refractivity contribution in [1.82, 2.24) is 4.90 Å². The number of nitrogens with zero attached hydrogens (tertiary/aromatic N) is 2. The lowest BCUT2D eigenvalue weighted by molar-refractivity contribution is -0.116. The van der Waals surface area contributed by atoms with Crippen molar-refractivity contribution in [2.75, 3.05) is 29.9 Å². The van der Waals surface area contributed by atoms with Crippen molar-refractivity contribution < 1.29 is 9.59 Å². The third-order valence-electron chi connectivity index (χ3n) is 3.32. The van der Waals surface area contributed by atoms with E-state index in [4.69, 9.17) is 5.26 Å². The van der Waals surface area contributed by atoms with Crippen molar-refractivity contribution in [3.8, 4) is 6.07 Å². The molecule has 5 nitrogen and oxygen atoms in total. The molecule has 1 fully saturated rings. The average Bonchev–Trinajstić information content (AvgIpc) is 2.97. The highest BCUT2D eigenvalue weighted by Crippen LogP contribution is 2.28. The Bertz CT molecular complexity index is 616. The second-order valence-corrected chi connectivity index (χ2v) is 7.34. The zero-order valence-corrected chi connectivity index (χ0v) is 14.6. The predicted molar refractivity (Wildman–Crippen MR) is 94.6 cm³/mol. The number of carbonyl (C=O) groups excluding carboxylic acids is 2. The van der Waals surface area contributed by atoms with Crippen molar-refractivity contribution in [3.05, 3.63) is 24.3 Å². The van der Waals surface area contributed by atoms with Gasteiger partial charge in [0, 0.05) is 35.9 Å². The van der Waals surface area contributed by atoms with E-state index in [1.54, 1.807) is 16.7 Å². The first kappa shape index (κ1) is 17.7. The fourth-order valence-corrected chi connectivity index (χ4v) is 3.83. The van der Waals surface area contributed by atoms with Crippen molar-refractivity contribution in [1.29, 1.82) is 5.26 Å². The van der Waals surface area contributed by atoms with Crippen LogP contribution in [-0.2, 0) is 4.79 Å². The first-order chi connectivity index (χ1) is 11.1. The lowest BCUT2D eigenvalue weighted by atomic mass is 10.3. The molecular formula is C16H19N3O2S2. The zero-order chi connectivity index (χ0) is 16.7. The lowest BCUT2D eigenvalue weighted by Crippen LogP contribution is -2.27. The van der Waals surface area contributed by atoms with Gasteiger partial charge in [-0.2, -0.15) is 5.26 Å². The highest BCUT2D eigenvalue weighted by molar-refractivity contribution is 8.13. The van der Waals surface area contributed by atoms with Gasteiger partial charge in [0.15, 0.2) is 0 Å². The summed E-state index contributed by atoms with van der Waals surface area (Å²) in [5.41, 5.74) is 0.759. The molecule has 0 saturated carbocycles. The summed E-state index contributed by atoms with van der Waals surface area (Å²) in [5, 5.41) is 11.8. The predicted octanol–water partition coefficient (Wildman–Crippen LogP) is 3.44. The number of hydrogen-bond acceptors (Lipinski definition) is 5. The Labute approximate surface area is 144 Å². The fourth-order valence-electron chi connectivity index (χ4n) is 2.03. The van der Waals surface area contributed by atoms with Gasteiger partial charge in [0.25, 0.3) is 5.24 Å². The number of nitriles is 1. The molecule has 1 aromatic rings. The minimum atomic E-state index is -0.101. The number of carbonyl (C=O) groups is 2. The number of nitrogens with one attached hydrogen (secondary N) is 1. The molecule has 7 heteroatoms. The molecule has 2 amide bonds. The van der Waals surface area contributed by atoms with Gasteiger partial charge in [-0.1, -0.05) is 23.9 Å². The van der Waals surface area contributed by atoms with Crippen LogP contribution in [0.2, 0.25) is 0 Å². The quantitative estimate of drug-likeness (QED) is 0.763. The van der Waals surface area contributed by atoms with E-state index >= 15 is 0 Å². The van der Waals surface area contributed by atoms with E-state index in [0.717, 1.165) is 22.9 Å². The highest BCUT2D eigenvalue weighted by atomic mass is 32.2. The Kier molecular flexibility index (Phi) is 6.81. The number of thioether (sulfide) groups is 2. The minimum absolute atomic E-state index is 0.0394. The van der Waals surface area contributed by atoms with E-state index in [2.05, 4.69) is 11.4 Å². The second kappa shape index (κ2) is 8.85. The van der Waals surface area contributed by atoms with E-state index in [0.29, 0.717) is 18.7 Å². The maximum Gasteiger partial charge on any atom is 0.281 e. The van der Waals surface area contributed by atoms with Crippen LogP contribution in [0.3, 0.4) is 0 Å². The first-order valence-electron chi connectivity index (χ1n) is 7.43. The van der Waals surface area contributed by atoms with Crippen LogP contribution in [0.4, 0.5) is 10.5 Å². The zero-order valence-electron chi connectivity index (χ0n) is 12.9. The number of benzene rings is 1. The summed E-state index contributed by atoms with van der Waals surface area (Å²) in [6.07, 6.45) is 0.292. The highest BCUT2D eigenvalue weighted by Gasteiger charge is 2.21. The molecule has 1 heterocycles. The Morgan fingerprint density at radius 1 is 1.52 bits per heavy atom. The molecular weight excluding hydrogens is 330 g/mol. The number of para-hydroxylation sites is 1. The van der Waals surface area contributed by atoms with E-state index < -0.39 is 0 Å². The largest absolute Gasteiger partial charge is 0.332 e. The molecule has 122 valence electrons. The molecule has 0 spiro atoms. The van der Waals surface area contributed by atoms with Crippen molar-refractivity contribution in [2.24, 2.45) is 5.92 Å². The summed E-state index contributed by atoms with van der Waals surface area (Å²) >= 11 is 2.86. The first-order valence-corrected chi connectivity index (χ1v) is 9.40. The maximum atomic E-state index is 12.1. The standard InChI is InChI=1S/C16H19N3O2S2/c1-12(10-17)11-23-14-5-3-2-4-13(14)18-15(20)6-7-19-8-9-22-16(19)21/h2-5,12H,6-9,11H2,1H3,(H,18,20)/t12-/m1/s1. The lowest BCUT2D eigenvalue weighted by Gasteiger charge is -2.15. The number of anilines is 1. The van der Waals surface area contributed by atoms with Gasteiger partial charge < -0.3 is 10.2 Å². The van der Waals surface area contributed by atoms with Crippen LogP contribution in [0.25, 0.3) is 0 Å². The van der Waals surface area contributed by atoms with Crippen LogP contribution in [0.5, 0.6) is 0 Å².